The molecule has 224 valence electrons. The number of hydrogen-bond donors (Lipinski definition) is 0. The number of ether oxygens (including phenoxy) is 2. The van der Waals surface area contributed by atoms with Gasteiger partial charge in [0.25, 0.3) is 5.91 Å². The molecule has 3 saturated carbocycles. The summed E-state index contributed by atoms with van der Waals surface area (Å²) in [5.74, 6) is 0.889. The molecule has 4 heterocycles. The lowest BCUT2D eigenvalue weighted by Crippen LogP contribution is -2.74. The second-order valence-corrected chi connectivity index (χ2v) is 13.3. The zero-order valence-corrected chi connectivity index (χ0v) is 24.2. The number of fused-ring (bicyclic) bond motifs is 4. The number of carbonyl (C=O) groups is 2. The Bertz CT molecular complexity index is 1280. The number of alkyl halides is 1. The van der Waals surface area contributed by atoms with Crippen molar-refractivity contribution in [2.24, 2.45) is 22.7 Å². The highest BCUT2D eigenvalue weighted by atomic mass is 19.1. The van der Waals surface area contributed by atoms with Crippen LogP contribution in [0.1, 0.15) is 50.5 Å². The zero-order chi connectivity index (χ0) is 28.4. The van der Waals surface area contributed by atoms with Gasteiger partial charge in [0.05, 0.1) is 49.6 Å². The van der Waals surface area contributed by atoms with Gasteiger partial charge in [0.2, 0.25) is 0 Å². The molecular weight excluding hydrogens is 535 g/mol. The van der Waals surface area contributed by atoms with Crippen molar-refractivity contribution in [1.82, 2.24) is 14.7 Å². The van der Waals surface area contributed by atoms with Crippen molar-refractivity contribution in [2.75, 3.05) is 39.4 Å². The fourth-order valence-corrected chi connectivity index (χ4v) is 9.44. The lowest BCUT2D eigenvalue weighted by Gasteiger charge is -2.63. The van der Waals surface area contributed by atoms with Crippen LogP contribution in [0.15, 0.2) is 47.1 Å². The van der Waals surface area contributed by atoms with Crippen molar-refractivity contribution in [3.8, 4) is 0 Å². The largest absolute Gasteiger partial charge is 0.378 e. The van der Waals surface area contributed by atoms with Crippen LogP contribution >= 0.6 is 0 Å². The molecule has 42 heavy (non-hydrogen) atoms. The van der Waals surface area contributed by atoms with Crippen molar-refractivity contribution < 1.29 is 23.5 Å². The zero-order valence-electron chi connectivity index (χ0n) is 24.2. The Balaban J connectivity index is 1.19. The van der Waals surface area contributed by atoms with Gasteiger partial charge in [-0.2, -0.15) is 0 Å². The second-order valence-electron chi connectivity index (χ2n) is 13.3. The third-order valence-corrected chi connectivity index (χ3v) is 11.2. The molecule has 9 unspecified atom stereocenters. The molecule has 1 aromatic rings. The van der Waals surface area contributed by atoms with Crippen LogP contribution in [0, 0.1) is 17.8 Å². The van der Waals surface area contributed by atoms with E-state index in [0.29, 0.717) is 51.2 Å². The van der Waals surface area contributed by atoms with Gasteiger partial charge in [-0.05, 0) is 37.5 Å². The van der Waals surface area contributed by atoms with E-state index >= 15 is 4.39 Å². The summed E-state index contributed by atoms with van der Waals surface area (Å²) in [4.78, 5) is 39.0. The summed E-state index contributed by atoms with van der Waals surface area (Å²) in [6, 6.07) is 9.32. The molecule has 0 spiro atoms. The molecule has 0 N–H and O–H groups in total. The molecule has 0 radical (unpaired) electrons. The smallest absolute Gasteiger partial charge is 0.259 e. The molecule has 9 atom stereocenters. The number of nitrogens with zero attached hydrogens (tertiary/aromatic N) is 4. The van der Waals surface area contributed by atoms with E-state index < -0.39 is 24.2 Å². The van der Waals surface area contributed by atoms with Gasteiger partial charge in [-0.15, -0.1) is 0 Å². The van der Waals surface area contributed by atoms with E-state index in [4.69, 9.17) is 14.5 Å². The van der Waals surface area contributed by atoms with Gasteiger partial charge in [-0.25, -0.2) is 4.39 Å². The highest BCUT2D eigenvalue weighted by molar-refractivity contribution is 6.20. The summed E-state index contributed by atoms with van der Waals surface area (Å²) in [6.45, 7) is 3.15. The highest BCUT2D eigenvalue weighted by Gasteiger charge is 2.62. The Kier molecular flexibility index (Phi) is 6.86. The first-order valence-electron chi connectivity index (χ1n) is 16.2. The van der Waals surface area contributed by atoms with Crippen LogP contribution < -0.4 is 0 Å². The number of morpholine rings is 2. The van der Waals surface area contributed by atoms with Gasteiger partial charge in [0, 0.05) is 37.3 Å². The highest BCUT2D eigenvalue weighted by Crippen LogP contribution is 2.52. The number of ketones is 1. The van der Waals surface area contributed by atoms with Gasteiger partial charge in [0.1, 0.15) is 18.1 Å². The number of amides is 1. The summed E-state index contributed by atoms with van der Waals surface area (Å²) in [5.41, 5.74) is 1.21. The third-order valence-electron chi connectivity index (χ3n) is 11.2. The molecule has 8 rings (SSSR count). The molecule has 1 amide bonds. The Morgan fingerprint density at radius 3 is 2.60 bits per heavy atom. The second kappa shape index (κ2) is 10.7. The van der Waals surface area contributed by atoms with Crippen LogP contribution in [0.3, 0.4) is 0 Å². The Morgan fingerprint density at radius 2 is 1.76 bits per heavy atom. The minimum Gasteiger partial charge on any atom is -0.378 e. The van der Waals surface area contributed by atoms with Gasteiger partial charge in [-0.3, -0.25) is 14.6 Å². The summed E-state index contributed by atoms with van der Waals surface area (Å²) >= 11 is 0. The van der Waals surface area contributed by atoms with Crippen LogP contribution in [0.4, 0.5) is 4.39 Å². The molecule has 7 aliphatic rings. The first kappa shape index (κ1) is 26.8. The van der Waals surface area contributed by atoms with E-state index in [1.807, 2.05) is 36.5 Å². The van der Waals surface area contributed by atoms with Crippen molar-refractivity contribution >= 4 is 17.5 Å². The van der Waals surface area contributed by atoms with E-state index in [1.165, 1.54) is 19.3 Å². The fraction of sp³-hybridized carbons (Fsp3) is 0.667. The molecule has 8 nitrogen and oxygen atoms in total. The standard InChI is InChI=1S/C33H41FN4O4/c34-25-18-23-28-31(29(25)37-13-12-35-32(37)21-7-2-1-3-8-21)42-26-11-10-20-6-4-5-9-22(20)27(26)38(28)19-24(30(23)39)33(40)36-14-16-41-17-15-36/h1-3,7-8,19-20,22-23,25-29,31H,4-6,9-18H2. The third kappa shape index (κ3) is 4.25. The number of rotatable bonds is 3. The molecule has 4 aliphatic heterocycles. The molecule has 0 bridgehead atoms. The molecule has 2 saturated heterocycles. The maximum absolute atomic E-state index is 16.6. The number of halogens is 1. The summed E-state index contributed by atoms with van der Waals surface area (Å²) in [7, 11) is 0. The Morgan fingerprint density at radius 1 is 0.952 bits per heavy atom. The molecule has 3 aliphatic carbocycles. The van der Waals surface area contributed by atoms with Crippen LogP contribution in [0.25, 0.3) is 0 Å². The predicted octanol–water partition coefficient (Wildman–Crippen LogP) is 3.21. The Labute approximate surface area is 246 Å². The molecular formula is C33H41FN4O4. The average molecular weight is 577 g/mol. The first-order valence-corrected chi connectivity index (χ1v) is 16.2. The normalized spacial score (nSPS) is 39.6. The lowest BCUT2D eigenvalue weighted by atomic mass is 9.63. The van der Waals surface area contributed by atoms with E-state index in [2.05, 4.69) is 9.80 Å². The van der Waals surface area contributed by atoms with Crippen molar-refractivity contribution in [3.63, 3.8) is 0 Å². The van der Waals surface area contributed by atoms with E-state index in [-0.39, 0.29) is 41.9 Å². The van der Waals surface area contributed by atoms with Crippen molar-refractivity contribution in [3.05, 3.63) is 47.7 Å². The fourth-order valence-electron chi connectivity index (χ4n) is 9.44. The van der Waals surface area contributed by atoms with Gasteiger partial charge in [-0.1, -0.05) is 49.6 Å². The first-order chi connectivity index (χ1) is 20.6. The molecule has 0 aromatic heterocycles. The van der Waals surface area contributed by atoms with Gasteiger partial charge in [0.15, 0.2) is 5.78 Å². The summed E-state index contributed by atoms with van der Waals surface area (Å²) in [6.07, 6.45) is 7.14. The van der Waals surface area contributed by atoms with Crippen LogP contribution in [-0.4, -0.2) is 108 Å². The molecule has 5 fully saturated rings. The minimum absolute atomic E-state index is 0.0389. The summed E-state index contributed by atoms with van der Waals surface area (Å²) in [5, 5.41) is 0. The Hall–Kier alpha value is -2.78. The van der Waals surface area contributed by atoms with E-state index in [9.17, 15) is 9.59 Å². The van der Waals surface area contributed by atoms with Crippen molar-refractivity contribution in [1.29, 1.82) is 0 Å². The monoisotopic (exact) mass is 576 g/mol. The number of carbonyl (C=O) groups excluding carboxylic acids is 2. The number of hydrogen-bond acceptors (Lipinski definition) is 7. The summed E-state index contributed by atoms with van der Waals surface area (Å²) < 4.78 is 29.1. The lowest BCUT2D eigenvalue weighted by molar-refractivity contribution is -0.222. The molecule has 9 heteroatoms. The maximum Gasteiger partial charge on any atom is 0.259 e. The van der Waals surface area contributed by atoms with Crippen LogP contribution in [-0.2, 0) is 19.1 Å². The van der Waals surface area contributed by atoms with Crippen LogP contribution in [0.2, 0.25) is 0 Å². The number of Topliss-reactive ketones (excluding diaryl/α,β-unsaturated/α-hetero) is 1. The van der Waals surface area contributed by atoms with Crippen LogP contribution in [0.5, 0.6) is 0 Å². The quantitative estimate of drug-likeness (QED) is 0.515. The number of benzene rings is 1. The van der Waals surface area contributed by atoms with E-state index in [0.717, 1.165) is 30.7 Å². The van der Waals surface area contributed by atoms with Gasteiger partial charge >= 0.3 is 0 Å². The minimum atomic E-state index is -1.27. The topological polar surface area (TPSA) is 74.7 Å². The predicted molar refractivity (Wildman–Crippen MR) is 155 cm³/mol. The van der Waals surface area contributed by atoms with Gasteiger partial charge < -0.3 is 24.2 Å². The van der Waals surface area contributed by atoms with E-state index in [1.54, 1.807) is 4.90 Å². The van der Waals surface area contributed by atoms with Crippen molar-refractivity contribution in [2.45, 2.75) is 81.5 Å². The average Bonchev–Trinajstić information content (AvgIpc) is 3.52. The molecule has 1 aromatic carbocycles. The number of amidine groups is 1. The SMILES string of the molecule is O=C1C(C(=O)N2CCOCC2)=CN2C3C(CCC4CCCCC43)OC3C(N4CCN=C4c4ccccc4)C(F)CC1C32. The number of aliphatic imine (C=N–C) groups is 1. The maximum atomic E-state index is 16.6.